The second kappa shape index (κ2) is 4.79. The number of hydrogen-bond donors (Lipinski definition) is 0. The number of alkyl halides is 1. The van der Waals surface area contributed by atoms with Crippen molar-refractivity contribution in [2.45, 2.75) is 11.8 Å². The first-order valence-electron chi connectivity index (χ1n) is 4.90. The van der Waals surface area contributed by atoms with Crippen LogP contribution in [0, 0.1) is 3.57 Å². The molecule has 0 bridgehead atoms. The lowest BCUT2D eigenvalue weighted by molar-refractivity contribution is -0.117. The minimum absolute atomic E-state index is 0.0558. The van der Waals surface area contributed by atoms with Crippen LogP contribution in [-0.4, -0.2) is 24.9 Å². The third-order valence-electron chi connectivity index (χ3n) is 2.51. The number of carbonyl (C=O) groups excluding carboxylic acids is 1. The summed E-state index contributed by atoms with van der Waals surface area (Å²) in [6.45, 7) is 0.552. The van der Waals surface area contributed by atoms with Gasteiger partial charge in [0.1, 0.15) is 5.75 Å². The number of nitrogens with zero attached hydrogens (tertiary/aromatic N) is 1. The van der Waals surface area contributed by atoms with Crippen LogP contribution in [0.25, 0.3) is 0 Å². The molecule has 1 unspecified atom stereocenters. The molecule has 1 amide bonds. The summed E-state index contributed by atoms with van der Waals surface area (Å²) in [7, 11) is 1.60. The lowest BCUT2D eigenvalue weighted by Gasteiger charge is -2.19. The highest BCUT2D eigenvalue weighted by Gasteiger charge is 2.30. The number of benzene rings is 1. The molecular formula is C11H11ClINO2. The van der Waals surface area contributed by atoms with Crippen molar-refractivity contribution in [2.24, 2.45) is 0 Å². The summed E-state index contributed by atoms with van der Waals surface area (Å²) >= 11 is 8.19. The van der Waals surface area contributed by atoms with Gasteiger partial charge in [-0.05, 0) is 40.8 Å². The Hall–Kier alpha value is -0.490. The second-order valence-corrected chi connectivity index (χ2v) is 5.48. The largest absolute Gasteiger partial charge is 0.495 e. The molecule has 0 saturated carbocycles. The number of carbonyl (C=O) groups is 1. The number of halogens is 2. The van der Waals surface area contributed by atoms with Gasteiger partial charge in [-0.2, -0.15) is 0 Å². The fourth-order valence-electron chi connectivity index (χ4n) is 1.77. The van der Waals surface area contributed by atoms with Crippen molar-refractivity contribution < 1.29 is 9.53 Å². The van der Waals surface area contributed by atoms with Crippen LogP contribution in [0.2, 0.25) is 0 Å². The highest BCUT2D eigenvalue weighted by Crippen LogP contribution is 2.33. The Morgan fingerprint density at radius 3 is 2.88 bits per heavy atom. The Morgan fingerprint density at radius 1 is 1.56 bits per heavy atom. The summed E-state index contributed by atoms with van der Waals surface area (Å²) in [5.41, 5.74) is 0.808. The molecule has 0 N–H and O–H groups in total. The normalized spacial score (nSPS) is 20.3. The van der Waals surface area contributed by atoms with Crippen LogP contribution < -0.4 is 9.64 Å². The van der Waals surface area contributed by atoms with Crippen LogP contribution in [0.4, 0.5) is 5.69 Å². The molecule has 0 aliphatic carbocycles. The summed E-state index contributed by atoms with van der Waals surface area (Å²) < 4.78 is 6.32. The van der Waals surface area contributed by atoms with E-state index in [0.717, 1.165) is 9.26 Å². The Labute approximate surface area is 113 Å². The zero-order chi connectivity index (χ0) is 11.7. The van der Waals surface area contributed by atoms with Gasteiger partial charge in [-0.1, -0.05) is 0 Å². The maximum Gasteiger partial charge on any atom is 0.228 e. The molecule has 1 aliphatic heterocycles. The van der Waals surface area contributed by atoms with Crippen molar-refractivity contribution in [3.8, 4) is 5.75 Å². The van der Waals surface area contributed by atoms with Gasteiger partial charge < -0.3 is 9.64 Å². The molecule has 5 heteroatoms. The lowest BCUT2D eigenvalue weighted by atomic mass is 10.2. The highest BCUT2D eigenvalue weighted by molar-refractivity contribution is 14.1. The third-order valence-corrected chi connectivity index (χ3v) is 3.47. The van der Waals surface area contributed by atoms with Crippen LogP contribution in [-0.2, 0) is 4.79 Å². The molecule has 0 spiro atoms. The van der Waals surface area contributed by atoms with Crippen LogP contribution in [0.1, 0.15) is 6.42 Å². The molecule has 3 nitrogen and oxygen atoms in total. The SMILES string of the molecule is COc1ccc(I)cc1N1CC(Cl)CC1=O. The van der Waals surface area contributed by atoms with Crippen molar-refractivity contribution in [2.75, 3.05) is 18.6 Å². The first-order chi connectivity index (χ1) is 7.61. The molecule has 1 aromatic carbocycles. The first kappa shape index (κ1) is 12.0. The average molecular weight is 352 g/mol. The minimum atomic E-state index is -0.102. The molecule has 1 saturated heterocycles. The van der Waals surface area contributed by atoms with Gasteiger partial charge >= 0.3 is 0 Å². The number of methoxy groups -OCH3 is 1. The molecule has 0 aromatic heterocycles. The highest BCUT2D eigenvalue weighted by atomic mass is 127. The Morgan fingerprint density at radius 2 is 2.31 bits per heavy atom. The second-order valence-electron chi connectivity index (χ2n) is 3.62. The van der Waals surface area contributed by atoms with Crippen LogP contribution >= 0.6 is 34.2 Å². The van der Waals surface area contributed by atoms with Gasteiger partial charge in [-0.15, -0.1) is 11.6 Å². The van der Waals surface area contributed by atoms with Crippen molar-refractivity contribution in [3.05, 3.63) is 21.8 Å². The Kier molecular flexibility index (Phi) is 3.59. The van der Waals surface area contributed by atoms with Gasteiger partial charge in [0.15, 0.2) is 0 Å². The molecule has 1 fully saturated rings. The molecular weight excluding hydrogens is 340 g/mol. The molecule has 86 valence electrons. The number of ether oxygens (including phenoxy) is 1. The van der Waals surface area contributed by atoms with Crippen molar-refractivity contribution in [1.29, 1.82) is 0 Å². The van der Waals surface area contributed by atoms with E-state index in [1.807, 2.05) is 18.2 Å². The van der Waals surface area contributed by atoms with E-state index in [1.165, 1.54) is 0 Å². The van der Waals surface area contributed by atoms with Gasteiger partial charge in [0.2, 0.25) is 5.91 Å². The van der Waals surface area contributed by atoms with Gasteiger partial charge in [0.05, 0.1) is 18.2 Å². The van der Waals surface area contributed by atoms with Gasteiger partial charge in [0.25, 0.3) is 0 Å². The minimum Gasteiger partial charge on any atom is -0.495 e. The van der Waals surface area contributed by atoms with Gasteiger partial charge in [0, 0.05) is 16.5 Å². The quantitative estimate of drug-likeness (QED) is 0.605. The number of rotatable bonds is 2. The molecule has 1 heterocycles. The van der Waals surface area contributed by atoms with E-state index >= 15 is 0 Å². The fourth-order valence-corrected chi connectivity index (χ4v) is 2.52. The maximum atomic E-state index is 11.7. The smallest absolute Gasteiger partial charge is 0.228 e. The molecule has 1 atom stereocenters. The fraction of sp³-hybridized carbons (Fsp3) is 0.364. The number of anilines is 1. The van der Waals surface area contributed by atoms with Gasteiger partial charge in [-0.25, -0.2) is 0 Å². The predicted octanol–water partition coefficient (Wildman–Crippen LogP) is 2.64. The van der Waals surface area contributed by atoms with Crippen LogP contribution in [0.3, 0.4) is 0 Å². The van der Waals surface area contributed by atoms with E-state index in [0.29, 0.717) is 18.7 Å². The topological polar surface area (TPSA) is 29.5 Å². The van der Waals surface area contributed by atoms with Crippen molar-refractivity contribution in [1.82, 2.24) is 0 Å². The number of amides is 1. The molecule has 1 aliphatic rings. The Bertz CT molecular complexity index is 424. The summed E-state index contributed by atoms with van der Waals surface area (Å²) in [5.74, 6) is 0.764. The van der Waals surface area contributed by atoms with E-state index in [2.05, 4.69) is 22.6 Å². The van der Waals surface area contributed by atoms with E-state index < -0.39 is 0 Å². The summed E-state index contributed by atoms with van der Waals surface area (Å²) in [6, 6.07) is 5.75. The monoisotopic (exact) mass is 351 g/mol. The van der Waals surface area contributed by atoms with Crippen molar-refractivity contribution in [3.63, 3.8) is 0 Å². The maximum absolute atomic E-state index is 11.7. The molecule has 16 heavy (non-hydrogen) atoms. The average Bonchev–Trinajstić information content (AvgIpc) is 2.57. The predicted molar refractivity (Wildman–Crippen MR) is 72.3 cm³/mol. The van der Waals surface area contributed by atoms with E-state index in [-0.39, 0.29) is 11.3 Å². The zero-order valence-electron chi connectivity index (χ0n) is 8.74. The van der Waals surface area contributed by atoms with Crippen molar-refractivity contribution >= 4 is 45.8 Å². The summed E-state index contributed by atoms with van der Waals surface area (Å²) in [6.07, 6.45) is 0.399. The molecule has 1 aromatic rings. The van der Waals surface area contributed by atoms with E-state index in [1.54, 1.807) is 12.0 Å². The van der Waals surface area contributed by atoms with Crippen LogP contribution in [0.15, 0.2) is 18.2 Å². The summed E-state index contributed by atoms with van der Waals surface area (Å²) in [5, 5.41) is -0.102. The summed E-state index contributed by atoms with van der Waals surface area (Å²) in [4.78, 5) is 13.4. The zero-order valence-corrected chi connectivity index (χ0v) is 11.7. The molecule has 0 radical (unpaired) electrons. The first-order valence-corrected chi connectivity index (χ1v) is 6.41. The van der Waals surface area contributed by atoms with Gasteiger partial charge in [-0.3, -0.25) is 4.79 Å². The lowest BCUT2D eigenvalue weighted by Crippen LogP contribution is -2.25. The van der Waals surface area contributed by atoms with Crippen LogP contribution in [0.5, 0.6) is 5.75 Å². The third kappa shape index (κ3) is 2.27. The number of hydrogen-bond acceptors (Lipinski definition) is 2. The standard InChI is InChI=1S/C11H11ClINO2/c1-16-10-3-2-8(13)5-9(10)14-6-7(12)4-11(14)15/h2-3,5,7H,4,6H2,1H3. The Balaban J connectivity index is 2.39. The molecule has 2 rings (SSSR count). The van der Waals surface area contributed by atoms with E-state index in [4.69, 9.17) is 16.3 Å². The van der Waals surface area contributed by atoms with E-state index in [9.17, 15) is 4.79 Å².